The first-order valence-electron chi connectivity index (χ1n) is 19.0. The van der Waals surface area contributed by atoms with Crippen LogP contribution < -0.4 is 9.64 Å². The molecule has 0 spiro atoms. The fraction of sp³-hybridized carbons (Fsp3) is 0. The lowest BCUT2D eigenvalue weighted by atomic mass is 9.99. The standard InChI is InChI=1S/C52H32N2O2/c1-2-10-38(11-3-1)53(40-27-28-44-50(32-40)56-48-30-23-36-9-4-5-12-41(36)51(44)48)39-25-21-34(22-26-39)33-17-19-35(20-18-33)37-24-29-47-46(31-37)54-45-15-7-6-13-42(45)43-14-8-16-49(55-47)52(43)54/h1-32H. The monoisotopic (exact) mass is 716 g/mol. The molecule has 4 nitrogen and oxygen atoms in total. The second kappa shape index (κ2) is 12.0. The number of benzene rings is 9. The minimum absolute atomic E-state index is 0.863. The maximum Gasteiger partial charge on any atom is 0.152 e. The van der Waals surface area contributed by atoms with Gasteiger partial charge in [0, 0.05) is 44.7 Å². The minimum Gasteiger partial charge on any atom is -0.456 e. The molecule has 262 valence electrons. The summed E-state index contributed by atoms with van der Waals surface area (Å²) in [6, 6.07) is 68.9. The Hall–Kier alpha value is -7.56. The van der Waals surface area contributed by atoms with Crippen LogP contribution in [0.5, 0.6) is 11.5 Å². The van der Waals surface area contributed by atoms with Gasteiger partial charge >= 0.3 is 0 Å². The predicted molar refractivity (Wildman–Crippen MR) is 231 cm³/mol. The van der Waals surface area contributed by atoms with Crippen LogP contribution in [0.1, 0.15) is 0 Å². The predicted octanol–water partition coefficient (Wildman–Crippen LogP) is 14.7. The number of aromatic nitrogens is 1. The molecule has 0 fully saturated rings. The third kappa shape index (κ3) is 4.66. The average molecular weight is 717 g/mol. The number of hydrogen-bond acceptors (Lipinski definition) is 3. The Morgan fingerprint density at radius 1 is 0.393 bits per heavy atom. The summed E-state index contributed by atoms with van der Waals surface area (Å²) >= 11 is 0. The molecule has 9 aromatic carbocycles. The lowest BCUT2D eigenvalue weighted by Crippen LogP contribution is -2.09. The average Bonchev–Trinajstić information content (AvgIpc) is 3.81. The molecule has 11 aromatic rings. The molecule has 0 bridgehead atoms. The van der Waals surface area contributed by atoms with Crippen LogP contribution in [-0.2, 0) is 0 Å². The van der Waals surface area contributed by atoms with E-state index in [-0.39, 0.29) is 0 Å². The fourth-order valence-electron chi connectivity index (χ4n) is 8.75. The Kier molecular flexibility index (Phi) is 6.60. The molecule has 4 heteroatoms. The van der Waals surface area contributed by atoms with Crippen molar-refractivity contribution in [1.29, 1.82) is 0 Å². The third-order valence-corrected chi connectivity index (χ3v) is 11.4. The van der Waals surface area contributed by atoms with Gasteiger partial charge in [-0.05, 0) is 99.8 Å². The van der Waals surface area contributed by atoms with Crippen molar-refractivity contribution in [2.24, 2.45) is 0 Å². The van der Waals surface area contributed by atoms with E-state index in [1.54, 1.807) is 0 Å². The highest BCUT2D eigenvalue weighted by Gasteiger charge is 2.24. The fourth-order valence-corrected chi connectivity index (χ4v) is 8.75. The molecular weight excluding hydrogens is 685 g/mol. The molecule has 0 saturated carbocycles. The molecule has 3 heterocycles. The Balaban J connectivity index is 0.881. The van der Waals surface area contributed by atoms with E-state index in [4.69, 9.17) is 9.15 Å². The largest absolute Gasteiger partial charge is 0.456 e. The second-order valence-electron chi connectivity index (χ2n) is 14.5. The zero-order valence-electron chi connectivity index (χ0n) is 30.2. The van der Waals surface area contributed by atoms with Crippen LogP contribution in [-0.4, -0.2) is 4.57 Å². The highest BCUT2D eigenvalue weighted by atomic mass is 16.5. The number of rotatable bonds is 5. The number of fused-ring (bicyclic) bond motifs is 10. The van der Waals surface area contributed by atoms with Crippen LogP contribution in [0, 0.1) is 0 Å². The van der Waals surface area contributed by atoms with Gasteiger partial charge in [-0.1, -0.05) is 121 Å². The first kappa shape index (κ1) is 30.9. The number of ether oxygens (including phenoxy) is 1. The molecule has 0 radical (unpaired) electrons. The summed E-state index contributed by atoms with van der Waals surface area (Å²) in [4.78, 5) is 2.29. The topological polar surface area (TPSA) is 30.5 Å². The van der Waals surface area contributed by atoms with Gasteiger partial charge < -0.3 is 18.6 Å². The molecule has 0 unspecified atom stereocenters. The van der Waals surface area contributed by atoms with Crippen LogP contribution in [0.15, 0.2) is 199 Å². The lowest BCUT2D eigenvalue weighted by Gasteiger charge is -2.25. The number of anilines is 3. The lowest BCUT2D eigenvalue weighted by molar-refractivity contribution is 0.476. The van der Waals surface area contributed by atoms with Crippen LogP contribution in [0.25, 0.3) is 82.5 Å². The van der Waals surface area contributed by atoms with Crippen molar-refractivity contribution in [1.82, 2.24) is 4.57 Å². The SMILES string of the molecule is c1ccc(N(c2ccc(-c3ccc(-c4ccc5c(c4)-n4c6ccccc6c6cccc(c64)O5)cc3)cc2)c2ccc3c(c2)oc2ccc4ccccc4c23)cc1. The summed E-state index contributed by atoms with van der Waals surface area (Å²) in [7, 11) is 0. The van der Waals surface area contributed by atoms with E-state index in [1.807, 2.05) is 0 Å². The molecule has 0 saturated heterocycles. The van der Waals surface area contributed by atoms with Crippen LogP contribution in [0.4, 0.5) is 17.1 Å². The molecule has 0 atom stereocenters. The molecule has 12 rings (SSSR count). The Morgan fingerprint density at radius 3 is 1.89 bits per heavy atom. The maximum absolute atomic E-state index is 6.48. The van der Waals surface area contributed by atoms with Gasteiger partial charge in [0.2, 0.25) is 0 Å². The molecule has 56 heavy (non-hydrogen) atoms. The van der Waals surface area contributed by atoms with Crippen molar-refractivity contribution in [3.8, 4) is 39.4 Å². The van der Waals surface area contributed by atoms with Crippen molar-refractivity contribution >= 4 is 71.6 Å². The Labute approximate surface area is 322 Å². The van der Waals surface area contributed by atoms with E-state index < -0.39 is 0 Å². The molecule has 0 N–H and O–H groups in total. The minimum atomic E-state index is 0.863. The van der Waals surface area contributed by atoms with Crippen LogP contribution in [0.2, 0.25) is 0 Å². The van der Waals surface area contributed by atoms with Gasteiger partial charge in [-0.3, -0.25) is 0 Å². The molecular formula is C52H32N2O2. The summed E-state index contributed by atoms with van der Waals surface area (Å²) in [6.07, 6.45) is 0. The van der Waals surface area contributed by atoms with Gasteiger partial charge in [-0.25, -0.2) is 0 Å². The van der Waals surface area contributed by atoms with Crippen molar-refractivity contribution in [2.45, 2.75) is 0 Å². The van der Waals surface area contributed by atoms with E-state index in [2.05, 4.69) is 204 Å². The molecule has 1 aliphatic rings. The van der Waals surface area contributed by atoms with Gasteiger partial charge in [0.25, 0.3) is 0 Å². The Bertz CT molecular complexity index is 3320. The van der Waals surface area contributed by atoms with E-state index >= 15 is 0 Å². The van der Waals surface area contributed by atoms with Crippen LogP contribution in [0.3, 0.4) is 0 Å². The smallest absolute Gasteiger partial charge is 0.152 e. The summed E-state index contributed by atoms with van der Waals surface area (Å²) in [5, 5.41) is 7.14. The van der Waals surface area contributed by atoms with Gasteiger partial charge in [0.1, 0.15) is 11.2 Å². The quantitative estimate of drug-likeness (QED) is 0.178. The summed E-state index contributed by atoms with van der Waals surface area (Å²) in [5.41, 5.74) is 13.0. The number of para-hydroxylation sites is 3. The summed E-state index contributed by atoms with van der Waals surface area (Å²) in [6.45, 7) is 0. The zero-order chi connectivity index (χ0) is 36.7. The number of hydrogen-bond donors (Lipinski definition) is 0. The highest BCUT2D eigenvalue weighted by Crippen LogP contribution is 2.46. The van der Waals surface area contributed by atoms with Crippen LogP contribution >= 0.6 is 0 Å². The summed E-state index contributed by atoms with van der Waals surface area (Å²) < 4.78 is 15.3. The van der Waals surface area contributed by atoms with Gasteiger partial charge in [0.15, 0.2) is 11.5 Å². The van der Waals surface area contributed by atoms with E-state index in [1.165, 1.54) is 27.1 Å². The van der Waals surface area contributed by atoms with Crippen molar-refractivity contribution < 1.29 is 9.15 Å². The van der Waals surface area contributed by atoms with Gasteiger partial charge in [-0.2, -0.15) is 0 Å². The normalized spacial score (nSPS) is 12.1. The van der Waals surface area contributed by atoms with E-state index in [0.29, 0.717) is 0 Å². The van der Waals surface area contributed by atoms with Crippen molar-refractivity contribution in [2.75, 3.05) is 4.90 Å². The number of furan rings is 1. The number of nitrogens with zero attached hydrogens (tertiary/aromatic N) is 2. The van der Waals surface area contributed by atoms with E-state index in [0.717, 1.165) is 84.0 Å². The first-order valence-corrected chi connectivity index (χ1v) is 19.0. The molecule has 0 amide bonds. The molecule has 1 aliphatic heterocycles. The summed E-state index contributed by atoms with van der Waals surface area (Å²) in [5.74, 6) is 1.75. The van der Waals surface area contributed by atoms with Crippen molar-refractivity contribution in [3.05, 3.63) is 194 Å². The van der Waals surface area contributed by atoms with E-state index in [9.17, 15) is 0 Å². The zero-order valence-corrected chi connectivity index (χ0v) is 30.2. The Morgan fingerprint density at radius 2 is 1.05 bits per heavy atom. The first-order chi connectivity index (χ1) is 27.7. The second-order valence-corrected chi connectivity index (χ2v) is 14.5. The van der Waals surface area contributed by atoms with Gasteiger partial charge in [-0.15, -0.1) is 0 Å². The van der Waals surface area contributed by atoms with Gasteiger partial charge in [0.05, 0.1) is 16.7 Å². The molecule has 2 aromatic heterocycles. The van der Waals surface area contributed by atoms with Crippen molar-refractivity contribution in [3.63, 3.8) is 0 Å². The third-order valence-electron chi connectivity index (χ3n) is 11.4. The maximum atomic E-state index is 6.48. The highest BCUT2D eigenvalue weighted by molar-refractivity contribution is 6.19. The molecule has 0 aliphatic carbocycles.